The molecule has 0 bridgehead atoms. The number of hydrogen-bond acceptors (Lipinski definition) is 3. The minimum Gasteiger partial charge on any atom is -0.339 e. The number of thiophene rings is 1. The van der Waals surface area contributed by atoms with Crippen LogP contribution in [0.3, 0.4) is 0 Å². The van der Waals surface area contributed by atoms with Crippen molar-refractivity contribution in [2.75, 3.05) is 5.32 Å². The van der Waals surface area contributed by atoms with Crippen LogP contribution in [0.15, 0.2) is 102 Å². The lowest BCUT2D eigenvalue weighted by Gasteiger charge is -2.20. The van der Waals surface area contributed by atoms with Crippen LogP contribution >= 0.6 is 11.3 Å². The smallest absolute Gasteiger partial charge is 0.262 e. The van der Waals surface area contributed by atoms with E-state index in [1.807, 2.05) is 84.2 Å². The van der Waals surface area contributed by atoms with Gasteiger partial charge in [0.2, 0.25) is 5.91 Å². The van der Waals surface area contributed by atoms with Crippen molar-refractivity contribution in [3.8, 4) is 0 Å². The summed E-state index contributed by atoms with van der Waals surface area (Å²) in [5, 5.41) is 7.82. The maximum Gasteiger partial charge on any atom is 0.262 e. The molecule has 0 aliphatic heterocycles. The molecule has 4 aromatic rings. The van der Waals surface area contributed by atoms with Gasteiger partial charge in [-0.1, -0.05) is 84.9 Å². The van der Waals surface area contributed by atoms with Crippen molar-refractivity contribution in [3.05, 3.63) is 124 Å². The number of rotatable bonds is 8. The largest absolute Gasteiger partial charge is 0.339 e. The second-order valence-corrected chi connectivity index (χ2v) is 8.45. The van der Waals surface area contributed by atoms with E-state index < -0.39 is 6.04 Å². The van der Waals surface area contributed by atoms with Gasteiger partial charge in [-0.05, 0) is 40.6 Å². The highest BCUT2D eigenvalue weighted by atomic mass is 32.1. The molecule has 0 spiro atoms. The summed E-state index contributed by atoms with van der Waals surface area (Å²) in [5.74, 6) is -0.479. The lowest BCUT2D eigenvalue weighted by Crippen LogP contribution is -2.45. The molecule has 1 atom stereocenters. The zero-order valence-electron chi connectivity index (χ0n) is 17.5. The van der Waals surface area contributed by atoms with Crippen molar-refractivity contribution in [3.63, 3.8) is 0 Å². The maximum absolute atomic E-state index is 13.3. The average Bonchev–Trinajstić information content (AvgIpc) is 3.36. The van der Waals surface area contributed by atoms with Crippen LogP contribution in [0.25, 0.3) is 0 Å². The molecule has 1 aromatic heterocycles. The topological polar surface area (TPSA) is 58.2 Å². The van der Waals surface area contributed by atoms with Crippen molar-refractivity contribution in [1.82, 2.24) is 5.32 Å². The molecule has 5 heteroatoms. The first-order valence-electron chi connectivity index (χ1n) is 10.5. The SMILES string of the molecule is O=C(NC(Cc1ccccc1)C(=O)Nc1ccccc1Cc1ccccc1)c1cccs1. The number of amides is 2. The van der Waals surface area contributed by atoms with Gasteiger partial charge in [-0.3, -0.25) is 9.59 Å². The van der Waals surface area contributed by atoms with Crippen LogP contribution in [0.5, 0.6) is 0 Å². The molecule has 0 aliphatic rings. The summed E-state index contributed by atoms with van der Waals surface area (Å²) in [6.45, 7) is 0. The van der Waals surface area contributed by atoms with Gasteiger partial charge in [0.15, 0.2) is 0 Å². The fourth-order valence-corrected chi connectivity index (χ4v) is 4.16. The first kappa shape index (κ1) is 21.5. The number of hydrogen-bond donors (Lipinski definition) is 2. The Morgan fingerprint density at radius 1 is 0.750 bits per heavy atom. The molecule has 0 saturated carbocycles. The van der Waals surface area contributed by atoms with Gasteiger partial charge in [0.25, 0.3) is 5.91 Å². The summed E-state index contributed by atoms with van der Waals surface area (Å²) in [6.07, 6.45) is 1.12. The summed E-state index contributed by atoms with van der Waals surface area (Å²) < 4.78 is 0. The van der Waals surface area contributed by atoms with Crippen LogP contribution in [-0.4, -0.2) is 17.9 Å². The van der Waals surface area contributed by atoms with Crippen LogP contribution < -0.4 is 10.6 Å². The minimum absolute atomic E-state index is 0.237. The molecule has 1 heterocycles. The number of carbonyl (C=O) groups is 2. The maximum atomic E-state index is 13.3. The zero-order valence-corrected chi connectivity index (χ0v) is 18.3. The third-order valence-corrected chi connectivity index (χ3v) is 6.03. The van der Waals surface area contributed by atoms with Crippen molar-refractivity contribution in [2.24, 2.45) is 0 Å². The number of para-hydroxylation sites is 1. The zero-order chi connectivity index (χ0) is 22.2. The Balaban J connectivity index is 1.54. The molecular formula is C27H24N2O2S. The molecule has 160 valence electrons. The molecule has 1 unspecified atom stereocenters. The Kier molecular flexibility index (Phi) is 7.10. The molecule has 2 amide bonds. The predicted molar refractivity (Wildman–Crippen MR) is 130 cm³/mol. The van der Waals surface area contributed by atoms with E-state index in [4.69, 9.17) is 0 Å². The standard InChI is InChI=1S/C27H24N2O2S/c30-26(28-23-15-8-7-14-22(23)18-20-10-3-1-4-11-20)24(19-21-12-5-2-6-13-21)29-27(31)25-16-9-17-32-25/h1-17,24H,18-19H2,(H,28,30)(H,29,31). The first-order valence-corrected chi connectivity index (χ1v) is 11.4. The molecule has 4 rings (SSSR count). The van der Waals surface area contributed by atoms with E-state index in [1.165, 1.54) is 16.9 Å². The van der Waals surface area contributed by atoms with Crippen molar-refractivity contribution in [1.29, 1.82) is 0 Å². The second kappa shape index (κ2) is 10.6. The third-order valence-electron chi connectivity index (χ3n) is 5.16. The highest BCUT2D eigenvalue weighted by Crippen LogP contribution is 2.20. The monoisotopic (exact) mass is 440 g/mol. The number of nitrogens with one attached hydrogen (secondary N) is 2. The molecule has 32 heavy (non-hydrogen) atoms. The van der Waals surface area contributed by atoms with Gasteiger partial charge in [-0.15, -0.1) is 11.3 Å². The highest BCUT2D eigenvalue weighted by Gasteiger charge is 2.23. The van der Waals surface area contributed by atoms with Crippen LogP contribution in [0, 0.1) is 0 Å². The molecule has 2 N–H and O–H groups in total. The summed E-state index contributed by atoms with van der Waals surface area (Å²) in [4.78, 5) is 26.6. The summed E-state index contributed by atoms with van der Waals surface area (Å²) in [6, 6.07) is 30.5. The van der Waals surface area contributed by atoms with E-state index in [0.717, 1.165) is 16.8 Å². The van der Waals surface area contributed by atoms with E-state index in [2.05, 4.69) is 22.8 Å². The molecule has 3 aromatic carbocycles. The average molecular weight is 441 g/mol. The predicted octanol–water partition coefficient (Wildman–Crippen LogP) is 5.32. The minimum atomic E-state index is -0.697. The summed E-state index contributed by atoms with van der Waals surface area (Å²) in [5.41, 5.74) is 3.93. The lowest BCUT2D eigenvalue weighted by atomic mass is 10.0. The number of carbonyl (C=O) groups excluding carboxylic acids is 2. The van der Waals surface area contributed by atoms with Crippen molar-refractivity contribution in [2.45, 2.75) is 18.9 Å². The summed E-state index contributed by atoms with van der Waals surface area (Å²) >= 11 is 1.35. The van der Waals surface area contributed by atoms with Gasteiger partial charge >= 0.3 is 0 Å². The van der Waals surface area contributed by atoms with Crippen LogP contribution in [0.4, 0.5) is 5.69 Å². The highest BCUT2D eigenvalue weighted by molar-refractivity contribution is 7.12. The van der Waals surface area contributed by atoms with Gasteiger partial charge in [0.05, 0.1) is 4.88 Å². The van der Waals surface area contributed by atoms with Crippen molar-refractivity contribution >= 4 is 28.8 Å². The van der Waals surface area contributed by atoms with Gasteiger partial charge in [0.1, 0.15) is 6.04 Å². The Bertz CT molecular complexity index is 1160. The first-order chi connectivity index (χ1) is 15.7. The van der Waals surface area contributed by atoms with Crippen LogP contribution in [-0.2, 0) is 17.6 Å². The van der Waals surface area contributed by atoms with E-state index in [9.17, 15) is 9.59 Å². The molecule has 0 fully saturated rings. The molecule has 0 aliphatic carbocycles. The van der Waals surface area contributed by atoms with Crippen LogP contribution in [0.2, 0.25) is 0 Å². The molecule has 4 nitrogen and oxygen atoms in total. The van der Waals surface area contributed by atoms with Gasteiger partial charge in [-0.25, -0.2) is 0 Å². The Morgan fingerprint density at radius 3 is 2.09 bits per heavy atom. The fraction of sp³-hybridized carbons (Fsp3) is 0.111. The number of benzene rings is 3. The molecule has 0 radical (unpaired) electrons. The second-order valence-electron chi connectivity index (χ2n) is 7.50. The Labute approximate surface area is 191 Å². The quantitative estimate of drug-likeness (QED) is 0.390. The van der Waals surface area contributed by atoms with Crippen molar-refractivity contribution < 1.29 is 9.59 Å². The van der Waals surface area contributed by atoms with Gasteiger partial charge < -0.3 is 10.6 Å². The molecular weight excluding hydrogens is 416 g/mol. The van der Waals surface area contributed by atoms with E-state index in [-0.39, 0.29) is 11.8 Å². The van der Waals surface area contributed by atoms with E-state index >= 15 is 0 Å². The normalized spacial score (nSPS) is 11.5. The van der Waals surface area contributed by atoms with E-state index in [1.54, 1.807) is 6.07 Å². The molecule has 0 saturated heterocycles. The van der Waals surface area contributed by atoms with Crippen LogP contribution in [0.1, 0.15) is 26.4 Å². The number of anilines is 1. The Morgan fingerprint density at radius 2 is 1.41 bits per heavy atom. The van der Waals surface area contributed by atoms with Gasteiger partial charge in [-0.2, -0.15) is 0 Å². The fourth-order valence-electron chi connectivity index (χ4n) is 3.53. The lowest BCUT2D eigenvalue weighted by molar-refractivity contribution is -0.118. The Hall–Kier alpha value is -3.70. The third kappa shape index (κ3) is 5.71. The van der Waals surface area contributed by atoms with Gasteiger partial charge in [0, 0.05) is 12.1 Å². The summed E-state index contributed by atoms with van der Waals surface area (Å²) in [7, 11) is 0. The van der Waals surface area contributed by atoms with E-state index in [0.29, 0.717) is 17.7 Å².